The SMILES string of the molecule is Cc1c(Cl)cccc1NC(=O)c1nc(-c2ccccc2)n(-c2ccc(F)cc2)n1. The molecule has 0 aliphatic carbocycles. The standard InChI is InChI=1S/C22H16ClFN4O/c1-14-18(23)8-5-9-19(14)25-22(29)20-26-21(15-6-3-2-4-7-15)28(27-20)17-12-10-16(24)11-13-17/h2-13H,1H3,(H,25,29). The van der Waals surface area contributed by atoms with Crippen LogP contribution in [0.25, 0.3) is 17.1 Å². The minimum atomic E-state index is -0.464. The van der Waals surface area contributed by atoms with Crippen molar-refractivity contribution in [1.29, 1.82) is 0 Å². The Balaban J connectivity index is 1.75. The van der Waals surface area contributed by atoms with E-state index in [2.05, 4.69) is 15.4 Å². The summed E-state index contributed by atoms with van der Waals surface area (Å²) in [4.78, 5) is 17.2. The lowest BCUT2D eigenvalue weighted by atomic mass is 10.2. The molecule has 1 amide bonds. The number of rotatable bonds is 4. The van der Waals surface area contributed by atoms with E-state index in [9.17, 15) is 9.18 Å². The molecule has 144 valence electrons. The van der Waals surface area contributed by atoms with Crippen LogP contribution >= 0.6 is 11.6 Å². The van der Waals surface area contributed by atoms with Gasteiger partial charge in [-0.05, 0) is 48.9 Å². The maximum atomic E-state index is 13.4. The lowest BCUT2D eigenvalue weighted by Gasteiger charge is -2.07. The van der Waals surface area contributed by atoms with Gasteiger partial charge in [0.25, 0.3) is 5.91 Å². The van der Waals surface area contributed by atoms with Crippen molar-refractivity contribution in [2.45, 2.75) is 6.92 Å². The Bertz CT molecular complexity index is 1170. The highest BCUT2D eigenvalue weighted by Gasteiger charge is 2.19. The van der Waals surface area contributed by atoms with Gasteiger partial charge < -0.3 is 5.32 Å². The number of hydrogen-bond acceptors (Lipinski definition) is 3. The first-order valence-electron chi connectivity index (χ1n) is 8.88. The Morgan fingerprint density at radius 2 is 1.72 bits per heavy atom. The first-order valence-corrected chi connectivity index (χ1v) is 9.25. The van der Waals surface area contributed by atoms with Gasteiger partial charge in [0.2, 0.25) is 5.82 Å². The van der Waals surface area contributed by atoms with Crippen LogP contribution in [-0.4, -0.2) is 20.7 Å². The molecule has 0 saturated carbocycles. The molecule has 1 aromatic heterocycles. The van der Waals surface area contributed by atoms with Crippen LogP contribution in [-0.2, 0) is 0 Å². The van der Waals surface area contributed by atoms with Crippen molar-refractivity contribution in [3.8, 4) is 17.1 Å². The van der Waals surface area contributed by atoms with Gasteiger partial charge in [0.05, 0.1) is 5.69 Å². The summed E-state index contributed by atoms with van der Waals surface area (Å²) in [5.41, 5.74) is 2.71. The van der Waals surface area contributed by atoms with E-state index in [1.165, 1.54) is 16.8 Å². The predicted octanol–water partition coefficient (Wildman–Crippen LogP) is 5.29. The number of benzene rings is 3. The highest BCUT2D eigenvalue weighted by atomic mass is 35.5. The Morgan fingerprint density at radius 3 is 2.45 bits per heavy atom. The average molecular weight is 407 g/mol. The maximum absolute atomic E-state index is 13.4. The van der Waals surface area contributed by atoms with E-state index in [1.54, 1.807) is 30.3 Å². The van der Waals surface area contributed by atoms with Gasteiger partial charge in [0.1, 0.15) is 5.82 Å². The molecule has 29 heavy (non-hydrogen) atoms. The van der Waals surface area contributed by atoms with E-state index in [-0.39, 0.29) is 11.6 Å². The van der Waals surface area contributed by atoms with Crippen molar-refractivity contribution in [1.82, 2.24) is 14.8 Å². The van der Waals surface area contributed by atoms with E-state index in [0.29, 0.717) is 22.2 Å². The molecule has 4 rings (SSSR count). The first-order chi connectivity index (χ1) is 14.0. The molecule has 3 aromatic carbocycles. The minimum absolute atomic E-state index is 0.00689. The lowest BCUT2D eigenvalue weighted by Crippen LogP contribution is -2.15. The van der Waals surface area contributed by atoms with Crippen molar-refractivity contribution < 1.29 is 9.18 Å². The van der Waals surface area contributed by atoms with Gasteiger partial charge >= 0.3 is 0 Å². The summed E-state index contributed by atoms with van der Waals surface area (Å²) in [6, 6.07) is 20.5. The van der Waals surface area contributed by atoms with E-state index in [4.69, 9.17) is 11.6 Å². The number of carbonyl (C=O) groups excluding carboxylic acids is 1. The summed E-state index contributed by atoms with van der Waals surface area (Å²) in [6.45, 7) is 1.82. The zero-order valence-corrected chi connectivity index (χ0v) is 16.2. The number of anilines is 1. The predicted molar refractivity (Wildman–Crippen MR) is 111 cm³/mol. The number of hydrogen-bond donors (Lipinski definition) is 1. The zero-order valence-electron chi connectivity index (χ0n) is 15.4. The summed E-state index contributed by atoms with van der Waals surface area (Å²) in [6.07, 6.45) is 0. The third-order valence-electron chi connectivity index (χ3n) is 4.43. The number of amides is 1. The second-order valence-electron chi connectivity index (χ2n) is 6.38. The molecule has 0 radical (unpaired) electrons. The van der Waals surface area contributed by atoms with Crippen molar-refractivity contribution >= 4 is 23.2 Å². The van der Waals surface area contributed by atoms with Gasteiger partial charge in [-0.1, -0.05) is 48.0 Å². The van der Waals surface area contributed by atoms with Crippen molar-refractivity contribution in [3.63, 3.8) is 0 Å². The fourth-order valence-corrected chi connectivity index (χ4v) is 3.04. The average Bonchev–Trinajstić information content (AvgIpc) is 3.18. The summed E-state index contributed by atoms with van der Waals surface area (Å²) < 4.78 is 14.9. The summed E-state index contributed by atoms with van der Waals surface area (Å²) >= 11 is 6.13. The van der Waals surface area contributed by atoms with Gasteiger partial charge in [0, 0.05) is 16.3 Å². The van der Waals surface area contributed by atoms with Crippen LogP contribution in [0.2, 0.25) is 5.02 Å². The lowest BCUT2D eigenvalue weighted by molar-refractivity contribution is 0.101. The molecular weight excluding hydrogens is 391 g/mol. The molecule has 0 atom stereocenters. The smallest absolute Gasteiger partial charge is 0.295 e. The summed E-state index contributed by atoms with van der Waals surface area (Å²) in [5.74, 6) is -0.351. The molecule has 0 fully saturated rings. The van der Waals surface area contributed by atoms with Crippen LogP contribution in [0.1, 0.15) is 16.2 Å². The zero-order chi connectivity index (χ0) is 20.4. The molecule has 0 bridgehead atoms. The molecule has 7 heteroatoms. The normalized spacial score (nSPS) is 10.7. The van der Waals surface area contributed by atoms with Crippen LogP contribution in [0.5, 0.6) is 0 Å². The summed E-state index contributed by atoms with van der Waals surface area (Å²) in [7, 11) is 0. The van der Waals surface area contributed by atoms with E-state index < -0.39 is 5.91 Å². The maximum Gasteiger partial charge on any atom is 0.295 e. The van der Waals surface area contributed by atoms with E-state index >= 15 is 0 Å². The van der Waals surface area contributed by atoms with Gasteiger partial charge in [-0.15, -0.1) is 5.10 Å². The monoisotopic (exact) mass is 406 g/mol. The van der Waals surface area contributed by atoms with Crippen LogP contribution in [0.3, 0.4) is 0 Å². The van der Waals surface area contributed by atoms with Crippen molar-refractivity contribution in [2.75, 3.05) is 5.32 Å². The second-order valence-corrected chi connectivity index (χ2v) is 6.79. The van der Waals surface area contributed by atoms with Crippen LogP contribution in [0, 0.1) is 12.7 Å². The van der Waals surface area contributed by atoms with E-state index in [0.717, 1.165) is 11.1 Å². The molecule has 5 nitrogen and oxygen atoms in total. The Morgan fingerprint density at radius 1 is 1.00 bits per heavy atom. The van der Waals surface area contributed by atoms with Gasteiger partial charge in [0.15, 0.2) is 5.82 Å². The molecule has 0 saturated heterocycles. The van der Waals surface area contributed by atoms with Gasteiger partial charge in [-0.25, -0.2) is 14.1 Å². The van der Waals surface area contributed by atoms with Crippen molar-refractivity contribution in [2.24, 2.45) is 0 Å². The largest absolute Gasteiger partial charge is 0.319 e. The van der Waals surface area contributed by atoms with Crippen molar-refractivity contribution in [3.05, 3.63) is 95.0 Å². The van der Waals surface area contributed by atoms with E-state index in [1.807, 2.05) is 37.3 Å². The van der Waals surface area contributed by atoms with Crippen LogP contribution in [0.4, 0.5) is 10.1 Å². The topological polar surface area (TPSA) is 59.8 Å². The molecule has 0 aliphatic rings. The Labute approximate surface area is 171 Å². The fraction of sp³-hybridized carbons (Fsp3) is 0.0455. The Kier molecular flexibility index (Phi) is 5.10. The third-order valence-corrected chi connectivity index (χ3v) is 4.84. The summed E-state index contributed by atoms with van der Waals surface area (Å²) in [5, 5.41) is 7.72. The molecule has 0 aliphatic heterocycles. The molecule has 0 spiro atoms. The Hall–Kier alpha value is -3.51. The van der Waals surface area contributed by atoms with Crippen LogP contribution in [0.15, 0.2) is 72.8 Å². The minimum Gasteiger partial charge on any atom is -0.319 e. The van der Waals surface area contributed by atoms with Gasteiger partial charge in [-0.2, -0.15) is 0 Å². The highest BCUT2D eigenvalue weighted by molar-refractivity contribution is 6.31. The molecule has 4 aromatic rings. The third kappa shape index (κ3) is 3.88. The number of nitrogens with zero attached hydrogens (tertiary/aromatic N) is 3. The first kappa shape index (κ1) is 18.8. The quantitative estimate of drug-likeness (QED) is 0.501. The number of aromatic nitrogens is 3. The molecule has 1 N–H and O–H groups in total. The number of halogens is 2. The second kappa shape index (κ2) is 7.85. The van der Waals surface area contributed by atoms with Crippen LogP contribution < -0.4 is 5.32 Å². The number of carbonyl (C=O) groups is 1. The molecule has 1 heterocycles. The van der Waals surface area contributed by atoms with Gasteiger partial charge in [-0.3, -0.25) is 4.79 Å². The number of nitrogens with one attached hydrogen (secondary N) is 1. The molecule has 0 unspecified atom stereocenters. The highest BCUT2D eigenvalue weighted by Crippen LogP contribution is 2.25. The fourth-order valence-electron chi connectivity index (χ4n) is 2.87. The molecular formula is C22H16ClFN4O.